The van der Waals surface area contributed by atoms with Crippen molar-refractivity contribution in [2.24, 2.45) is 11.8 Å². The maximum atomic E-state index is 13.9. The lowest BCUT2D eigenvalue weighted by molar-refractivity contribution is -0.122. The van der Waals surface area contributed by atoms with Crippen LogP contribution < -0.4 is 9.64 Å². The van der Waals surface area contributed by atoms with Crippen LogP contribution in [0.4, 0.5) is 10.1 Å². The second kappa shape index (κ2) is 7.03. The molecule has 1 saturated heterocycles. The summed E-state index contributed by atoms with van der Waals surface area (Å²) in [6.45, 7) is 1.95. The summed E-state index contributed by atoms with van der Waals surface area (Å²) in [6.07, 6.45) is 3.05. The number of hydrogen-bond donors (Lipinski definition) is 0. The molecule has 0 saturated carbocycles. The molecule has 5 nitrogen and oxygen atoms in total. The summed E-state index contributed by atoms with van der Waals surface area (Å²) in [5, 5.41) is 0. The lowest BCUT2D eigenvalue weighted by Crippen LogP contribution is -2.31. The predicted molar refractivity (Wildman–Crippen MR) is 100 cm³/mol. The fraction of sp³-hybridized carbons (Fsp3) is 0.227. The molecule has 1 aliphatic carbocycles. The summed E-state index contributed by atoms with van der Waals surface area (Å²) in [4.78, 5) is 39.3. The standard InChI is InChI=1S/C22H18FNO4/c1-13-10-11-14-16(12-13)21(26)24(20(14)25)18-8-4-5-9-19(18)28-22(27)15-6-2-3-7-17(15)23/h2-10,14,16H,11-12H2,1H3/t14-,16-/m0/s1. The van der Waals surface area contributed by atoms with Crippen molar-refractivity contribution in [1.29, 1.82) is 0 Å². The van der Waals surface area contributed by atoms with Crippen LogP contribution in [0.2, 0.25) is 0 Å². The minimum Gasteiger partial charge on any atom is -0.421 e. The number of benzene rings is 2. The topological polar surface area (TPSA) is 63.7 Å². The lowest BCUT2D eigenvalue weighted by Gasteiger charge is -2.19. The summed E-state index contributed by atoms with van der Waals surface area (Å²) in [6, 6.07) is 11.8. The van der Waals surface area contributed by atoms with Crippen molar-refractivity contribution in [3.63, 3.8) is 0 Å². The Hall–Kier alpha value is -3.28. The van der Waals surface area contributed by atoms with E-state index in [2.05, 4.69) is 0 Å². The third kappa shape index (κ3) is 3.01. The number of fused-ring (bicyclic) bond motifs is 1. The third-order valence-corrected chi connectivity index (χ3v) is 5.23. The van der Waals surface area contributed by atoms with Gasteiger partial charge in [0.05, 0.1) is 23.1 Å². The van der Waals surface area contributed by atoms with Crippen molar-refractivity contribution < 1.29 is 23.5 Å². The van der Waals surface area contributed by atoms with Gasteiger partial charge in [0.2, 0.25) is 11.8 Å². The molecular formula is C22H18FNO4. The van der Waals surface area contributed by atoms with Gasteiger partial charge in [-0.25, -0.2) is 14.1 Å². The van der Waals surface area contributed by atoms with Crippen molar-refractivity contribution in [3.05, 3.63) is 71.6 Å². The number of rotatable bonds is 3. The molecule has 28 heavy (non-hydrogen) atoms. The smallest absolute Gasteiger partial charge is 0.346 e. The molecule has 2 aromatic rings. The quantitative estimate of drug-likeness (QED) is 0.351. The normalized spacial score (nSPS) is 21.4. The van der Waals surface area contributed by atoms with Crippen LogP contribution in [0.25, 0.3) is 0 Å². The molecule has 0 radical (unpaired) electrons. The summed E-state index contributed by atoms with van der Waals surface area (Å²) in [5.74, 6) is -2.93. The molecule has 2 atom stereocenters. The van der Waals surface area contributed by atoms with Gasteiger partial charge >= 0.3 is 5.97 Å². The largest absolute Gasteiger partial charge is 0.421 e. The van der Waals surface area contributed by atoms with Gasteiger partial charge in [-0.05, 0) is 44.0 Å². The highest BCUT2D eigenvalue weighted by molar-refractivity contribution is 6.23. The Morgan fingerprint density at radius 3 is 2.50 bits per heavy atom. The number of ether oxygens (including phenoxy) is 1. The molecule has 4 rings (SSSR count). The first-order chi connectivity index (χ1) is 13.5. The van der Waals surface area contributed by atoms with Gasteiger partial charge in [0.1, 0.15) is 5.82 Å². The second-order valence-corrected chi connectivity index (χ2v) is 7.05. The molecule has 142 valence electrons. The predicted octanol–water partition coefficient (Wildman–Crippen LogP) is 3.89. The van der Waals surface area contributed by atoms with Crippen LogP contribution in [-0.4, -0.2) is 17.8 Å². The number of halogens is 1. The summed E-state index contributed by atoms with van der Waals surface area (Å²) in [7, 11) is 0. The Kier molecular flexibility index (Phi) is 4.55. The Labute approximate surface area is 161 Å². The molecule has 0 bridgehead atoms. The Balaban J connectivity index is 1.66. The summed E-state index contributed by atoms with van der Waals surface area (Å²) < 4.78 is 19.2. The first kappa shape index (κ1) is 18.1. The summed E-state index contributed by atoms with van der Waals surface area (Å²) >= 11 is 0. The highest BCUT2D eigenvalue weighted by Crippen LogP contribution is 2.42. The van der Waals surface area contributed by atoms with E-state index in [4.69, 9.17) is 4.74 Å². The lowest BCUT2D eigenvalue weighted by atomic mass is 9.82. The van der Waals surface area contributed by atoms with Gasteiger partial charge in [-0.3, -0.25) is 9.59 Å². The van der Waals surface area contributed by atoms with Gasteiger partial charge in [-0.2, -0.15) is 0 Å². The van der Waals surface area contributed by atoms with E-state index >= 15 is 0 Å². The number of allylic oxidation sites excluding steroid dienone is 2. The van der Waals surface area contributed by atoms with Gasteiger partial charge in [0.15, 0.2) is 5.75 Å². The van der Waals surface area contributed by atoms with E-state index in [1.807, 2.05) is 13.0 Å². The van der Waals surface area contributed by atoms with Gasteiger partial charge in [-0.15, -0.1) is 0 Å². The average Bonchev–Trinajstić information content (AvgIpc) is 2.92. The van der Waals surface area contributed by atoms with Crippen molar-refractivity contribution in [2.45, 2.75) is 19.8 Å². The van der Waals surface area contributed by atoms with Crippen molar-refractivity contribution in [2.75, 3.05) is 4.90 Å². The average molecular weight is 379 g/mol. The molecule has 1 fully saturated rings. The van der Waals surface area contributed by atoms with Crippen molar-refractivity contribution in [3.8, 4) is 5.75 Å². The van der Waals surface area contributed by atoms with Crippen LogP contribution in [0, 0.1) is 17.7 Å². The molecular weight excluding hydrogens is 361 g/mol. The highest BCUT2D eigenvalue weighted by atomic mass is 19.1. The number of nitrogens with zero attached hydrogens (tertiary/aromatic N) is 1. The molecule has 2 aromatic carbocycles. The van der Waals surface area contributed by atoms with Crippen LogP contribution in [0.3, 0.4) is 0 Å². The number of hydrogen-bond acceptors (Lipinski definition) is 4. The molecule has 2 amide bonds. The number of carbonyl (C=O) groups is 3. The number of anilines is 1. The first-order valence-corrected chi connectivity index (χ1v) is 9.06. The Morgan fingerprint density at radius 2 is 1.71 bits per heavy atom. The van der Waals surface area contributed by atoms with Crippen LogP contribution in [-0.2, 0) is 9.59 Å². The van der Waals surface area contributed by atoms with E-state index in [1.54, 1.807) is 18.2 Å². The maximum absolute atomic E-state index is 13.9. The molecule has 0 aromatic heterocycles. The van der Waals surface area contributed by atoms with Gasteiger partial charge < -0.3 is 4.74 Å². The number of esters is 1. The molecule has 0 unspecified atom stereocenters. The molecule has 6 heteroatoms. The fourth-order valence-electron chi connectivity index (χ4n) is 3.78. The second-order valence-electron chi connectivity index (χ2n) is 7.05. The maximum Gasteiger partial charge on any atom is 0.346 e. The van der Waals surface area contributed by atoms with Crippen LogP contribution in [0.5, 0.6) is 5.75 Å². The monoisotopic (exact) mass is 379 g/mol. The third-order valence-electron chi connectivity index (χ3n) is 5.23. The van der Waals surface area contributed by atoms with Crippen LogP contribution in [0.15, 0.2) is 60.2 Å². The minimum absolute atomic E-state index is 0.0424. The van der Waals surface area contributed by atoms with Crippen molar-refractivity contribution in [1.82, 2.24) is 0 Å². The zero-order valence-corrected chi connectivity index (χ0v) is 15.2. The SMILES string of the molecule is CC1=CC[C@@H]2C(=O)N(c3ccccc3OC(=O)c3ccccc3F)C(=O)[C@H]2C1. The zero-order chi connectivity index (χ0) is 19.8. The number of carbonyl (C=O) groups excluding carboxylic acids is 3. The molecule has 1 heterocycles. The van der Waals surface area contributed by atoms with Gasteiger partial charge in [-0.1, -0.05) is 35.9 Å². The van der Waals surface area contributed by atoms with Crippen LogP contribution in [0.1, 0.15) is 30.1 Å². The van der Waals surface area contributed by atoms with E-state index < -0.39 is 23.6 Å². The van der Waals surface area contributed by atoms with E-state index in [0.717, 1.165) is 16.5 Å². The Morgan fingerprint density at radius 1 is 1.04 bits per heavy atom. The number of amides is 2. The molecule has 2 aliphatic rings. The zero-order valence-electron chi connectivity index (χ0n) is 15.2. The van der Waals surface area contributed by atoms with E-state index in [-0.39, 0.29) is 28.8 Å². The van der Waals surface area contributed by atoms with E-state index in [1.165, 1.54) is 24.3 Å². The highest BCUT2D eigenvalue weighted by Gasteiger charge is 2.49. The van der Waals surface area contributed by atoms with E-state index in [0.29, 0.717) is 12.8 Å². The fourth-order valence-corrected chi connectivity index (χ4v) is 3.78. The summed E-state index contributed by atoms with van der Waals surface area (Å²) in [5.41, 5.74) is 1.07. The number of para-hydroxylation sites is 2. The van der Waals surface area contributed by atoms with Gasteiger partial charge in [0.25, 0.3) is 0 Å². The molecule has 1 aliphatic heterocycles. The molecule has 0 spiro atoms. The minimum atomic E-state index is -0.889. The van der Waals surface area contributed by atoms with Crippen LogP contribution >= 0.6 is 0 Å². The Bertz CT molecular complexity index is 1010. The van der Waals surface area contributed by atoms with E-state index in [9.17, 15) is 18.8 Å². The number of imide groups is 1. The van der Waals surface area contributed by atoms with Gasteiger partial charge in [0, 0.05) is 0 Å². The van der Waals surface area contributed by atoms with Crippen molar-refractivity contribution >= 4 is 23.5 Å². The molecule has 0 N–H and O–H groups in total. The first-order valence-electron chi connectivity index (χ1n) is 9.06.